The number of carbonyl (C=O) groups excluding carboxylic acids is 2. The average Bonchev–Trinajstić information content (AvgIpc) is 3.19. The van der Waals surface area contributed by atoms with Crippen LogP contribution in [0.5, 0.6) is 0 Å². The summed E-state index contributed by atoms with van der Waals surface area (Å²) >= 11 is 5.32. The maximum Gasteiger partial charge on any atom is 0.306 e. The van der Waals surface area contributed by atoms with Gasteiger partial charge in [-0.2, -0.15) is 0 Å². The smallest absolute Gasteiger partial charge is 0.306 e. The molecule has 0 fully saturated rings. The third-order valence-corrected chi connectivity index (χ3v) is 10.2. The Morgan fingerprint density at radius 3 is 1.43 bits per heavy atom. The summed E-state index contributed by atoms with van der Waals surface area (Å²) in [5.74, 6) is -0.592. The number of nitrogens with zero attached hydrogens (tertiary/aromatic N) is 1. The van der Waals surface area contributed by atoms with Gasteiger partial charge in [0.1, 0.15) is 13.2 Å². The van der Waals surface area contributed by atoms with Gasteiger partial charge in [-0.05, 0) is 76.4 Å². The molecule has 328 valence electrons. The van der Waals surface area contributed by atoms with E-state index in [0.29, 0.717) is 32.5 Å². The molecule has 1 atom stereocenters. The highest BCUT2D eigenvalue weighted by Gasteiger charge is 2.18. The van der Waals surface area contributed by atoms with Gasteiger partial charge in [-0.25, -0.2) is 0 Å². The lowest BCUT2D eigenvalue weighted by Crippen LogP contribution is -2.39. The number of hydrogen-bond acceptors (Lipinski definition) is 9. The molecule has 0 amide bonds. The quantitative estimate of drug-likeness (QED) is 0.0238. The van der Waals surface area contributed by atoms with Crippen LogP contribution in [0.25, 0.3) is 0 Å². The average molecular weight is 811 g/mol. The number of aliphatic hydroxyl groups is 2. The van der Waals surface area contributed by atoms with Crippen LogP contribution in [0.1, 0.15) is 194 Å². The van der Waals surface area contributed by atoms with Gasteiger partial charge in [0.25, 0.3) is 5.17 Å². The molecule has 3 N–H and O–H groups in total. The van der Waals surface area contributed by atoms with E-state index in [1.165, 1.54) is 109 Å². The third kappa shape index (κ3) is 40.2. The molecule has 0 aliphatic carbocycles. The zero-order chi connectivity index (χ0) is 41.0. The zero-order valence-electron chi connectivity index (χ0n) is 36.1. The Morgan fingerprint density at radius 1 is 0.571 bits per heavy atom. The van der Waals surface area contributed by atoms with Crippen molar-refractivity contribution in [2.75, 3.05) is 52.6 Å². The van der Waals surface area contributed by atoms with E-state index in [2.05, 4.69) is 43.5 Å². The number of aliphatic hydroxyl groups excluding tert-OH is 2. The lowest BCUT2D eigenvalue weighted by molar-refractivity contribution is -0.158. The molecule has 0 aliphatic heterocycles. The number of esters is 2. The standard InChI is InChI=1S/C46H86N2O7S/c1-3-5-7-9-11-13-15-17-19-21-23-25-27-29-31-33-44(51)54-42-43(41-47-46(56)53-40-37-48(35-38-49)36-39-50)55-45(52)34-32-30-28-26-24-22-20-18-16-14-12-10-8-6-4-2/h17-20,43,49-50H,3-16,21-42H2,1-2H3,(H,47,56)/b19-17-,20-18-. The van der Waals surface area contributed by atoms with Gasteiger partial charge in [0.2, 0.25) is 0 Å². The van der Waals surface area contributed by atoms with Gasteiger partial charge in [0.05, 0.1) is 19.8 Å². The van der Waals surface area contributed by atoms with Crippen molar-refractivity contribution in [3.63, 3.8) is 0 Å². The molecule has 0 heterocycles. The van der Waals surface area contributed by atoms with E-state index in [0.717, 1.165) is 57.8 Å². The molecule has 0 aromatic heterocycles. The second-order valence-corrected chi connectivity index (χ2v) is 15.6. The minimum absolute atomic E-state index is 0.0112. The number of allylic oxidation sites excluding steroid dienone is 4. The van der Waals surface area contributed by atoms with Crippen LogP contribution in [0, 0.1) is 0 Å². The van der Waals surface area contributed by atoms with Crippen molar-refractivity contribution in [1.82, 2.24) is 10.2 Å². The van der Waals surface area contributed by atoms with Gasteiger partial charge < -0.3 is 29.7 Å². The summed E-state index contributed by atoms with van der Waals surface area (Å²) in [5.41, 5.74) is 0. The molecule has 0 aromatic rings. The van der Waals surface area contributed by atoms with Crippen LogP contribution in [-0.2, 0) is 23.8 Å². The van der Waals surface area contributed by atoms with Crippen LogP contribution in [-0.4, -0.2) is 90.9 Å². The van der Waals surface area contributed by atoms with E-state index in [1.807, 2.05) is 4.90 Å². The number of hydrogen-bond donors (Lipinski definition) is 3. The normalized spacial score (nSPS) is 12.2. The molecule has 0 saturated carbocycles. The molecule has 0 aliphatic rings. The summed E-state index contributed by atoms with van der Waals surface area (Å²) in [6.07, 6.45) is 40.4. The van der Waals surface area contributed by atoms with Crippen molar-refractivity contribution in [3.8, 4) is 0 Å². The molecule has 1 unspecified atom stereocenters. The van der Waals surface area contributed by atoms with Crippen LogP contribution in [0.4, 0.5) is 0 Å². The van der Waals surface area contributed by atoms with Crippen LogP contribution >= 0.6 is 12.2 Å². The molecule has 9 nitrogen and oxygen atoms in total. The number of rotatable bonds is 42. The Kier molecular flexibility index (Phi) is 42.5. The molecule has 56 heavy (non-hydrogen) atoms. The SMILES string of the molecule is CCCCCCCC/C=C\CCCCCCCC(=O)OCC(CNC(=S)OCCN(CCO)CCO)OC(=O)CCCCCCC/C=C\CCCCCCCC. The van der Waals surface area contributed by atoms with E-state index in [1.54, 1.807) is 0 Å². The molecule has 0 aromatic carbocycles. The van der Waals surface area contributed by atoms with Crippen LogP contribution in [0.2, 0.25) is 0 Å². The molecule has 10 heteroatoms. The first-order valence-electron chi connectivity index (χ1n) is 23.0. The van der Waals surface area contributed by atoms with Gasteiger partial charge in [0, 0.05) is 32.5 Å². The Balaban J connectivity index is 4.41. The lowest BCUT2D eigenvalue weighted by atomic mass is 10.1. The van der Waals surface area contributed by atoms with E-state index >= 15 is 0 Å². The van der Waals surface area contributed by atoms with Crippen LogP contribution < -0.4 is 5.32 Å². The van der Waals surface area contributed by atoms with E-state index in [9.17, 15) is 19.8 Å². The first-order valence-corrected chi connectivity index (χ1v) is 23.4. The molecule has 0 radical (unpaired) electrons. The minimum Gasteiger partial charge on any atom is -0.470 e. The van der Waals surface area contributed by atoms with Gasteiger partial charge in [-0.15, -0.1) is 0 Å². The third-order valence-electron chi connectivity index (χ3n) is 9.96. The van der Waals surface area contributed by atoms with Crippen molar-refractivity contribution >= 4 is 29.3 Å². The monoisotopic (exact) mass is 811 g/mol. The predicted molar refractivity (Wildman–Crippen MR) is 237 cm³/mol. The molecule has 0 rings (SSSR count). The van der Waals surface area contributed by atoms with Crippen molar-refractivity contribution in [2.45, 2.75) is 200 Å². The second-order valence-electron chi connectivity index (χ2n) is 15.3. The summed E-state index contributed by atoms with van der Waals surface area (Å²) < 4.78 is 16.9. The molecule has 0 bridgehead atoms. The highest BCUT2D eigenvalue weighted by atomic mass is 32.1. The van der Waals surface area contributed by atoms with Gasteiger partial charge >= 0.3 is 11.9 Å². The van der Waals surface area contributed by atoms with Crippen molar-refractivity contribution < 1.29 is 34.0 Å². The number of carbonyl (C=O) groups is 2. The first kappa shape index (κ1) is 54.0. The topological polar surface area (TPSA) is 118 Å². The fourth-order valence-electron chi connectivity index (χ4n) is 6.45. The van der Waals surface area contributed by atoms with E-state index in [-0.39, 0.29) is 50.1 Å². The van der Waals surface area contributed by atoms with Crippen molar-refractivity contribution in [2.24, 2.45) is 0 Å². The van der Waals surface area contributed by atoms with Crippen LogP contribution in [0.15, 0.2) is 24.3 Å². The van der Waals surface area contributed by atoms with E-state index in [4.69, 9.17) is 26.4 Å². The highest BCUT2D eigenvalue weighted by molar-refractivity contribution is 7.80. The summed E-state index contributed by atoms with van der Waals surface area (Å²) in [4.78, 5) is 27.2. The summed E-state index contributed by atoms with van der Waals surface area (Å²) in [5, 5.41) is 21.6. The summed E-state index contributed by atoms with van der Waals surface area (Å²) in [7, 11) is 0. The largest absolute Gasteiger partial charge is 0.470 e. The fourth-order valence-corrected chi connectivity index (χ4v) is 6.62. The second kappa shape index (κ2) is 44.1. The number of nitrogens with one attached hydrogen (secondary N) is 1. The minimum atomic E-state index is -0.689. The van der Waals surface area contributed by atoms with Crippen LogP contribution in [0.3, 0.4) is 0 Å². The van der Waals surface area contributed by atoms with E-state index < -0.39 is 6.10 Å². The number of thiocarbonyl (C=S) groups is 1. The maximum absolute atomic E-state index is 12.8. The predicted octanol–water partition coefficient (Wildman–Crippen LogP) is 10.7. The summed E-state index contributed by atoms with van der Waals surface area (Å²) in [6.45, 7) is 6.24. The lowest BCUT2D eigenvalue weighted by Gasteiger charge is -2.21. The maximum atomic E-state index is 12.8. The van der Waals surface area contributed by atoms with Gasteiger partial charge in [0.15, 0.2) is 6.10 Å². The first-order chi connectivity index (χ1) is 27.5. The zero-order valence-corrected chi connectivity index (χ0v) is 37.0. The fraction of sp³-hybridized carbons (Fsp3) is 0.848. The Labute approximate surface area is 349 Å². The molecule has 0 spiro atoms. The van der Waals surface area contributed by atoms with Gasteiger partial charge in [-0.1, -0.05) is 141 Å². The molecular weight excluding hydrogens is 725 g/mol. The highest BCUT2D eigenvalue weighted by Crippen LogP contribution is 2.13. The molecular formula is C46H86N2O7S. The van der Waals surface area contributed by atoms with Crippen molar-refractivity contribution in [1.29, 1.82) is 0 Å². The van der Waals surface area contributed by atoms with Gasteiger partial charge in [-0.3, -0.25) is 14.5 Å². The molecule has 0 saturated heterocycles. The summed E-state index contributed by atoms with van der Waals surface area (Å²) in [6, 6.07) is 0. The number of ether oxygens (including phenoxy) is 3. The Morgan fingerprint density at radius 2 is 0.982 bits per heavy atom. The Bertz CT molecular complexity index is 942. The van der Waals surface area contributed by atoms with Crippen molar-refractivity contribution in [3.05, 3.63) is 24.3 Å². The Hall–Kier alpha value is -2.01. The number of unbranched alkanes of at least 4 members (excludes halogenated alkanes) is 22.